The SMILES string of the molecule is CCOP(=O)(OCC)C(CC(C)=O)NC(=O)OCC(Cl)(Cl)Cl. The Morgan fingerprint density at radius 2 is 1.68 bits per heavy atom. The van der Waals surface area contributed by atoms with E-state index in [0.717, 1.165) is 0 Å². The number of carbonyl (C=O) groups excluding carboxylic acids is 2. The molecule has 1 atom stereocenters. The summed E-state index contributed by atoms with van der Waals surface area (Å²) in [5, 5.41) is 2.26. The molecule has 0 radical (unpaired) electrons. The highest BCUT2D eigenvalue weighted by Crippen LogP contribution is 2.53. The van der Waals surface area contributed by atoms with Gasteiger partial charge in [0.2, 0.25) is 3.79 Å². The Morgan fingerprint density at radius 1 is 1.18 bits per heavy atom. The number of alkyl halides is 3. The van der Waals surface area contributed by atoms with E-state index in [0.29, 0.717) is 0 Å². The van der Waals surface area contributed by atoms with Gasteiger partial charge in [-0.25, -0.2) is 4.79 Å². The van der Waals surface area contributed by atoms with Crippen molar-refractivity contribution in [1.29, 1.82) is 0 Å². The molecule has 0 aliphatic heterocycles. The molecule has 0 saturated heterocycles. The first kappa shape index (κ1) is 22.0. The van der Waals surface area contributed by atoms with Gasteiger partial charge in [-0.3, -0.25) is 9.36 Å². The number of rotatable bonds is 9. The summed E-state index contributed by atoms with van der Waals surface area (Å²) in [5.74, 6) is -1.50. The maximum Gasteiger partial charge on any atom is 0.408 e. The fourth-order valence-corrected chi connectivity index (χ4v) is 3.48. The summed E-state index contributed by atoms with van der Waals surface area (Å²) < 4.78 is 25.8. The van der Waals surface area contributed by atoms with Gasteiger partial charge in [0.05, 0.1) is 13.2 Å². The van der Waals surface area contributed by atoms with E-state index in [1.807, 2.05) is 0 Å². The molecule has 0 spiro atoms. The minimum Gasteiger partial charge on any atom is -0.445 e. The number of hydrogen-bond acceptors (Lipinski definition) is 6. The average Bonchev–Trinajstić information content (AvgIpc) is 2.35. The molecule has 0 saturated carbocycles. The van der Waals surface area contributed by atoms with Crippen LogP contribution >= 0.6 is 42.4 Å². The molecule has 7 nitrogen and oxygen atoms in total. The highest BCUT2D eigenvalue weighted by molar-refractivity contribution is 7.54. The second-order valence-electron chi connectivity index (χ2n) is 4.13. The van der Waals surface area contributed by atoms with Crippen molar-refractivity contribution < 1.29 is 27.9 Å². The van der Waals surface area contributed by atoms with Gasteiger partial charge in [-0.15, -0.1) is 0 Å². The van der Waals surface area contributed by atoms with Gasteiger partial charge in [0, 0.05) is 6.42 Å². The zero-order chi connectivity index (χ0) is 17.4. The van der Waals surface area contributed by atoms with Gasteiger partial charge in [0.15, 0.2) is 0 Å². The fraction of sp³-hybridized carbons (Fsp3) is 0.818. The lowest BCUT2D eigenvalue weighted by molar-refractivity contribution is -0.117. The molecule has 130 valence electrons. The summed E-state index contributed by atoms with van der Waals surface area (Å²) in [7, 11) is -3.73. The molecule has 0 rings (SSSR count). The molecule has 22 heavy (non-hydrogen) atoms. The van der Waals surface area contributed by atoms with Crippen LogP contribution in [-0.2, 0) is 23.1 Å². The summed E-state index contributed by atoms with van der Waals surface area (Å²) in [6.07, 6.45) is -1.25. The standard InChI is InChI=1S/C11H19Cl3NO6P/c1-4-20-22(18,21-5-2)9(6-8(3)16)15-10(17)19-7-11(12,13)14/h9H,4-7H2,1-3H3,(H,15,17). The molecule has 0 bridgehead atoms. The molecule has 0 aromatic carbocycles. The van der Waals surface area contributed by atoms with Crippen molar-refractivity contribution in [2.75, 3.05) is 19.8 Å². The van der Waals surface area contributed by atoms with E-state index in [2.05, 4.69) is 10.1 Å². The molecule has 11 heteroatoms. The van der Waals surface area contributed by atoms with Gasteiger partial charge in [-0.1, -0.05) is 34.8 Å². The van der Waals surface area contributed by atoms with Gasteiger partial charge >= 0.3 is 13.7 Å². The van der Waals surface area contributed by atoms with Gasteiger partial charge < -0.3 is 19.1 Å². The Kier molecular flexibility index (Phi) is 9.94. The monoisotopic (exact) mass is 397 g/mol. The Morgan fingerprint density at radius 3 is 2.05 bits per heavy atom. The Hall–Kier alpha value is -0.0400. The lowest BCUT2D eigenvalue weighted by atomic mass is 10.3. The van der Waals surface area contributed by atoms with E-state index in [4.69, 9.17) is 43.9 Å². The molecule has 1 unspecified atom stereocenters. The molecule has 0 aromatic rings. The molecule has 0 aliphatic rings. The predicted molar refractivity (Wildman–Crippen MR) is 84.7 cm³/mol. The molecular formula is C11H19Cl3NO6P. The smallest absolute Gasteiger partial charge is 0.408 e. The number of carbonyl (C=O) groups is 2. The van der Waals surface area contributed by atoms with Crippen molar-refractivity contribution in [3.8, 4) is 0 Å². The van der Waals surface area contributed by atoms with Crippen molar-refractivity contribution in [1.82, 2.24) is 5.32 Å². The average molecular weight is 399 g/mol. The quantitative estimate of drug-likeness (QED) is 0.471. The second-order valence-corrected chi connectivity index (χ2v) is 8.87. The summed E-state index contributed by atoms with van der Waals surface area (Å²) in [6, 6.07) is 0. The minimum atomic E-state index is -3.73. The first-order chi connectivity index (χ1) is 10.0. The summed E-state index contributed by atoms with van der Waals surface area (Å²) in [6.45, 7) is 4.15. The van der Waals surface area contributed by atoms with Crippen LogP contribution in [0.2, 0.25) is 0 Å². The zero-order valence-electron chi connectivity index (χ0n) is 12.4. The van der Waals surface area contributed by atoms with Crippen LogP contribution < -0.4 is 5.32 Å². The minimum absolute atomic E-state index is 0.0799. The molecule has 0 aromatic heterocycles. The van der Waals surface area contributed by atoms with Crippen molar-refractivity contribution in [3.05, 3.63) is 0 Å². The van der Waals surface area contributed by atoms with E-state index in [9.17, 15) is 14.2 Å². The van der Waals surface area contributed by atoms with Crippen LogP contribution in [0.4, 0.5) is 4.79 Å². The molecule has 1 amide bonds. The topological polar surface area (TPSA) is 90.9 Å². The molecule has 0 fully saturated rings. The van der Waals surface area contributed by atoms with Crippen LogP contribution in [0.3, 0.4) is 0 Å². The highest BCUT2D eigenvalue weighted by Gasteiger charge is 2.38. The first-order valence-corrected chi connectivity index (χ1v) is 9.17. The van der Waals surface area contributed by atoms with Gasteiger partial charge in [0.1, 0.15) is 18.2 Å². The molecular weight excluding hydrogens is 379 g/mol. The number of nitrogens with one attached hydrogen (secondary N) is 1. The number of amides is 1. The van der Waals surface area contributed by atoms with Crippen LogP contribution in [0.25, 0.3) is 0 Å². The lowest BCUT2D eigenvalue weighted by Crippen LogP contribution is -2.38. The zero-order valence-corrected chi connectivity index (χ0v) is 15.6. The van der Waals surface area contributed by atoms with E-state index in [-0.39, 0.29) is 25.4 Å². The predicted octanol–water partition coefficient (Wildman–Crippen LogP) is 3.65. The van der Waals surface area contributed by atoms with Gasteiger partial charge in [-0.05, 0) is 20.8 Å². The van der Waals surface area contributed by atoms with Crippen LogP contribution in [-0.4, -0.2) is 41.3 Å². The third-order valence-corrected chi connectivity index (χ3v) is 4.77. The third kappa shape index (κ3) is 9.18. The lowest BCUT2D eigenvalue weighted by Gasteiger charge is -2.26. The first-order valence-electron chi connectivity index (χ1n) is 6.42. The molecule has 0 aliphatic carbocycles. The van der Waals surface area contributed by atoms with Gasteiger partial charge in [0.25, 0.3) is 0 Å². The van der Waals surface area contributed by atoms with Crippen LogP contribution in [0.1, 0.15) is 27.2 Å². The Bertz CT molecular complexity index is 419. The van der Waals surface area contributed by atoms with Crippen molar-refractivity contribution >= 4 is 54.3 Å². The number of ether oxygens (including phenoxy) is 1. The maximum atomic E-state index is 12.6. The Labute approximate surface area is 144 Å². The van der Waals surface area contributed by atoms with Crippen LogP contribution in [0.15, 0.2) is 0 Å². The second kappa shape index (κ2) is 9.96. The maximum absolute atomic E-state index is 12.6. The number of halogens is 3. The molecule has 0 heterocycles. The number of alkyl carbamates (subject to hydrolysis) is 1. The third-order valence-electron chi connectivity index (χ3n) is 2.13. The van der Waals surface area contributed by atoms with Crippen molar-refractivity contribution in [2.24, 2.45) is 0 Å². The number of hydrogen-bond donors (Lipinski definition) is 1. The summed E-state index contributed by atoms with van der Waals surface area (Å²) in [4.78, 5) is 23.0. The van der Waals surface area contributed by atoms with Crippen LogP contribution in [0.5, 0.6) is 0 Å². The highest BCUT2D eigenvalue weighted by atomic mass is 35.6. The van der Waals surface area contributed by atoms with E-state index < -0.39 is 29.9 Å². The van der Waals surface area contributed by atoms with E-state index in [1.54, 1.807) is 13.8 Å². The van der Waals surface area contributed by atoms with Crippen molar-refractivity contribution in [3.63, 3.8) is 0 Å². The Balaban J connectivity index is 4.99. The van der Waals surface area contributed by atoms with E-state index >= 15 is 0 Å². The van der Waals surface area contributed by atoms with Gasteiger partial charge in [-0.2, -0.15) is 0 Å². The fourth-order valence-electron chi connectivity index (χ4n) is 1.42. The summed E-state index contributed by atoms with van der Waals surface area (Å²) in [5.41, 5.74) is 0. The molecule has 1 N–H and O–H groups in total. The van der Waals surface area contributed by atoms with Crippen molar-refractivity contribution in [2.45, 2.75) is 36.8 Å². The van der Waals surface area contributed by atoms with E-state index in [1.165, 1.54) is 6.92 Å². The summed E-state index contributed by atoms with van der Waals surface area (Å²) >= 11 is 16.4. The largest absolute Gasteiger partial charge is 0.445 e. The normalized spacial score (nSPS) is 13.5. The van der Waals surface area contributed by atoms with Crippen LogP contribution in [0, 0.1) is 0 Å². The number of ketones is 1. The number of Topliss-reactive ketones (excluding diaryl/α,β-unsaturated/α-hetero) is 1.